The van der Waals surface area contributed by atoms with Gasteiger partial charge in [-0.15, -0.1) is 0 Å². The first kappa shape index (κ1) is 8.43. The molecule has 0 saturated heterocycles. The summed E-state index contributed by atoms with van der Waals surface area (Å²) >= 11 is 6.38. The van der Waals surface area contributed by atoms with Gasteiger partial charge in [0, 0.05) is 14.1 Å². The van der Waals surface area contributed by atoms with E-state index < -0.39 is 0 Å². The van der Waals surface area contributed by atoms with E-state index in [2.05, 4.69) is 31.9 Å². The first-order valence-electron chi connectivity index (χ1n) is 2.09. The Balaban J connectivity index is 3.65. The lowest BCUT2D eigenvalue weighted by atomic mass is 10.6. The SMILES string of the molecule is CN(C)C(=N)C(Br)Br. The minimum atomic E-state index is -0.0231. The van der Waals surface area contributed by atoms with Gasteiger partial charge in [0.15, 0.2) is 0 Å². The molecule has 0 rings (SSSR count). The van der Waals surface area contributed by atoms with Crippen LogP contribution in [0.15, 0.2) is 0 Å². The van der Waals surface area contributed by atoms with Crippen molar-refractivity contribution in [2.45, 2.75) is 3.74 Å². The second kappa shape index (κ2) is 3.45. The summed E-state index contributed by atoms with van der Waals surface area (Å²) in [5, 5.41) is 7.23. The molecule has 0 bridgehead atoms. The summed E-state index contributed by atoms with van der Waals surface area (Å²) in [5.74, 6) is 0.519. The van der Waals surface area contributed by atoms with Crippen molar-refractivity contribution in [2.75, 3.05) is 14.1 Å². The van der Waals surface area contributed by atoms with Gasteiger partial charge in [0.05, 0.1) is 0 Å². The Morgan fingerprint density at radius 2 is 1.88 bits per heavy atom. The van der Waals surface area contributed by atoms with Crippen molar-refractivity contribution in [3.8, 4) is 0 Å². The quantitative estimate of drug-likeness (QED) is 0.423. The van der Waals surface area contributed by atoms with E-state index in [1.54, 1.807) is 4.90 Å². The van der Waals surface area contributed by atoms with Crippen molar-refractivity contribution < 1.29 is 0 Å². The van der Waals surface area contributed by atoms with E-state index >= 15 is 0 Å². The second-order valence-electron chi connectivity index (χ2n) is 1.58. The molecule has 8 heavy (non-hydrogen) atoms. The molecule has 4 heteroatoms. The van der Waals surface area contributed by atoms with E-state index in [0.717, 1.165) is 0 Å². The van der Waals surface area contributed by atoms with Crippen LogP contribution in [0.3, 0.4) is 0 Å². The third kappa shape index (κ3) is 2.67. The molecule has 0 aromatic rings. The number of nitrogens with one attached hydrogen (secondary N) is 1. The molecule has 0 radical (unpaired) electrons. The van der Waals surface area contributed by atoms with Crippen LogP contribution in [-0.4, -0.2) is 28.6 Å². The Hall–Kier alpha value is 0.430. The van der Waals surface area contributed by atoms with Crippen molar-refractivity contribution in [3.05, 3.63) is 0 Å². The van der Waals surface area contributed by atoms with E-state index in [0.29, 0.717) is 5.84 Å². The molecule has 0 aromatic heterocycles. The smallest absolute Gasteiger partial charge is 0.126 e. The fraction of sp³-hybridized carbons (Fsp3) is 0.750. The van der Waals surface area contributed by atoms with Crippen molar-refractivity contribution in [1.29, 1.82) is 5.41 Å². The lowest BCUT2D eigenvalue weighted by Crippen LogP contribution is -2.25. The highest BCUT2D eigenvalue weighted by Gasteiger charge is 2.05. The van der Waals surface area contributed by atoms with Gasteiger partial charge in [0.25, 0.3) is 0 Å². The van der Waals surface area contributed by atoms with Gasteiger partial charge >= 0.3 is 0 Å². The molecular formula is C4H8Br2N2. The van der Waals surface area contributed by atoms with Crippen molar-refractivity contribution >= 4 is 37.7 Å². The highest BCUT2D eigenvalue weighted by atomic mass is 79.9. The normalized spacial score (nSPS) is 9.62. The van der Waals surface area contributed by atoms with Crippen LogP contribution in [0, 0.1) is 5.41 Å². The monoisotopic (exact) mass is 242 g/mol. The molecule has 0 saturated carbocycles. The van der Waals surface area contributed by atoms with Gasteiger partial charge in [-0.25, -0.2) is 0 Å². The van der Waals surface area contributed by atoms with E-state index in [1.807, 2.05) is 14.1 Å². The first-order valence-corrected chi connectivity index (χ1v) is 3.92. The van der Waals surface area contributed by atoms with Gasteiger partial charge in [-0.1, -0.05) is 31.9 Å². The third-order valence-electron chi connectivity index (χ3n) is 0.689. The fourth-order valence-electron chi connectivity index (χ4n) is 0.195. The predicted molar refractivity (Wildman–Crippen MR) is 43.1 cm³/mol. The molecular weight excluding hydrogens is 236 g/mol. The lowest BCUT2D eigenvalue weighted by molar-refractivity contribution is 0.613. The van der Waals surface area contributed by atoms with Crippen molar-refractivity contribution in [3.63, 3.8) is 0 Å². The molecule has 1 N–H and O–H groups in total. The zero-order valence-electron chi connectivity index (χ0n) is 4.78. The maximum Gasteiger partial charge on any atom is 0.126 e. The van der Waals surface area contributed by atoms with Crippen LogP contribution in [0.25, 0.3) is 0 Å². The highest BCUT2D eigenvalue weighted by molar-refractivity contribution is 9.25. The van der Waals surface area contributed by atoms with Gasteiger partial charge in [-0.3, -0.25) is 5.41 Å². The number of hydrogen-bond acceptors (Lipinski definition) is 1. The molecule has 0 aliphatic heterocycles. The molecule has 48 valence electrons. The summed E-state index contributed by atoms with van der Waals surface area (Å²) in [6.45, 7) is 0. The number of nitrogens with zero attached hydrogens (tertiary/aromatic N) is 1. The number of rotatable bonds is 1. The van der Waals surface area contributed by atoms with E-state index in [4.69, 9.17) is 5.41 Å². The standard InChI is InChI=1S/C4H8Br2N2/c1-8(2)4(7)3(5)6/h3,7H,1-2H3. The number of hydrogen-bond donors (Lipinski definition) is 1. The Morgan fingerprint density at radius 1 is 1.50 bits per heavy atom. The lowest BCUT2D eigenvalue weighted by Gasteiger charge is -2.13. The fourth-order valence-corrected chi connectivity index (χ4v) is 1.01. The molecule has 0 aliphatic rings. The molecule has 0 spiro atoms. The molecule has 0 aliphatic carbocycles. The van der Waals surface area contributed by atoms with E-state index in [9.17, 15) is 0 Å². The topological polar surface area (TPSA) is 27.1 Å². The van der Waals surface area contributed by atoms with E-state index in [-0.39, 0.29) is 3.74 Å². The highest BCUT2D eigenvalue weighted by Crippen LogP contribution is 2.09. The number of halogens is 2. The zero-order valence-corrected chi connectivity index (χ0v) is 7.95. The molecule has 0 atom stereocenters. The Morgan fingerprint density at radius 3 is 1.88 bits per heavy atom. The predicted octanol–water partition coefficient (Wildman–Crippen LogP) is 1.64. The van der Waals surface area contributed by atoms with Crippen LogP contribution in [0.5, 0.6) is 0 Å². The van der Waals surface area contributed by atoms with Crippen LogP contribution in [-0.2, 0) is 0 Å². The summed E-state index contributed by atoms with van der Waals surface area (Å²) in [7, 11) is 3.66. The maximum absolute atomic E-state index is 7.23. The largest absolute Gasteiger partial charge is 0.365 e. The Bertz CT molecular complexity index is 80.0. The second-order valence-corrected chi connectivity index (χ2v) is 4.64. The minimum absolute atomic E-state index is 0.0231. The third-order valence-corrected chi connectivity index (χ3v) is 1.56. The van der Waals surface area contributed by atoms with Crippen molar-refractivity contribution in [1.82, 2.24) is 4.90 Å². The minimum Gasteiger partial charge on any atom is -0.365 e. The molecule has 0 amide bonds. The average Bonchev–Trinajstić information content (AvgIpc) is 1.64. The van der Waals surface area contributed by atoms with Crippen LogP contribution in [0.4, 0.5) is 0 Å². The molecule has 0 unspecified atom stereocenters. The Labute approximate surface area is 66.0 Å². The zero-order chi connectivity index (χ0) is 6.73. The maximum atomic E-state index is 7.23. The number of alkyl halides is 2. The van der Waals surface area contributed by atoms with Gasteiger partial charge in [-0.05, 0) is 0 Å². The molecule has 0 heterocycles. The summed E-state index contributed by atoms with van der Waals surface area (Å²) in [6.07, 6.45) is 0. The summed E-state index contributed by atoms with van der Waals surface area (Å²) < 4.78 is -0.0231. The van der Waals surface area contributed by atoms with Crippen molar-refractivity contribution in [2.24, 2.45) is 0 Å². The summed E-state index contributed by atoms with van der Waals surface area (Å²) in [6, 6.07) is 0. The Kier molecular flexibility index (Phi) is 3.64. The van der Waals surface area contributed by atoms with Gasteiger partial charge in [0.1, 0.15) is 9.57 Å². The molecule has 2 nitrogen and oxygen atoms in total. The van der Waals surface area contributed by atoms with Gasteiger partial charge in [-0.2, -0.15) is 0 Å². The van der Waals surface area contributed by atoms with Crippen LogP contribution in [0.2, 0.25) is 0 Å². The van der Waals surface area contributed by atoms with Crippen LogP contribution in [0.1, 0.15) is 0 Å². The average molecular weight is 244 g/mol. The summed E-state index contributed by atoms with van der Waals surface area (Å²) in [4.78, 5) is 1.73. The molecule has 0 aromatic carbocycles. The molecule has 0 fully saturated rings. The van der Waals surface area contributed by atoms with Crippen LogP contribution < -0.4 is 0 Å². The van der Waals surface area contributed by atoms with E-state index in [1.165, 1.54) is 0 Å². The van der Waals surface area contributed by atoms with Gasteiger partial charge in [0.2, 0.25) is 0 Å². The first-order chi connectivity index (χ1) is 3.55. The van der Waals surface area contributed by atoms with Crippen LogP contribution >= 0.6 is 31.9 Å². The summed E-state index contributed by atoms with van der Waals surface area (Å²) in [5.41, 5.74) is 0. The van der Waals surface area contributed by atoms with Gasteiger partial charge < -0.3 is 4.90 Å². The number of amidine groups is 1.